The molecule has 17 heavy (non-hydrogen) atoms. The maximum absolute atomic E-state index is 11.2. The standard InChI is InChI=1S/C11H17N3O2S/c1-6-7(2)16-10(14-6)17-8-3-4-11(13,5-8)9(12)15/h8H,3-5,13H2,1-2H3,(H2,12,15). The summed E-state index contributed by atoms with van der Waals surface area (Å²) in [4.78, 5) is 15.5. The zero-order chi connectivity index (χ0) is 12.6. The zero-order valence-corrected chi connectivity index (χ0v) is 10.8. The van der Waals surface area contributed by atoms with E-state index in [2.05, 4.69) is 4.98 Å². The number of carbonyl (C=O) groups excluding carboxylic acids is 1. The number of aromatic nitrogens is 1. The van der Waals surface area contributed by atoms with Gasteiger partial charge in [-0.25, -0.2) is 4.98 Å². The van der Waals surface area contributed by atoms with Crippen LogP contribution in [0.1, 0.15) is 30.7 Å². The van der Waals surface area contributed by atoms with Crippen LogP contribution in [0.3, 0.4) is 0 Å². The molecular weight excluding hydrogens is 238 g/mol. The molecule has 1 fully saturated rings. The predicted molar refractivity (Wildman–Crippen MR) is 65.6 cm³/mol. The smallest absolute Gasteiger partial charge is 0.256 e. The Bertz CT molecular complexity index is 426. The summed E-state index contributed by atoms with van der Waals surface area (Å²) in [5.74, 6) is 0.416. The molecule has 6 heteroatoms. The minimum atomic E-state index is -0.853. The Balaban J connectivity index is 2.01. The van der Waals surface area contributed by atoms with Gasteiger partial charge in [-0.3, -0.25) is 4.79 Å². The molecule has 0 saturated heterocycles. The second kappa shape index (κ2) is 4.34. The Labute approximate surface area is 104 Å². The van der Waals surface area contributed by atoms with E-state index in [1.54, 1.807) is 11.8 Å². The number of oxazole rings is 1. The van der Waals surface area contributed by atoms with Crippen LogP contribution < -0.4 is 11.5 Å². The van der Waals surface area contributed by atoms with Gasteiger partial charge in [-0.2, -0.15) is 0 Å². The Morgan fingerprint density at radius 1 is 1.59 bits per heavy atom. The molecule has 5 nitrogen and oxygen atoms in total. The highest BCUT2D eigenvalue weighted by Gasteiger charge is 2.41. The van der Waals surface area contributed by atoms with Crippen LogP contribution in [0.25, 0.3) is 0 Å². The van der Waals surface area contributed by atoms with Gasteiger partial charge < -0.3 is 15.9 Å². The molecule has 1 heterocycles. The summed E-state index contributed by atoms with van der Waals surface area (Å²) in [6.07, 6.45) is 2.09. The fraction of sp³-hybridized carbons (Fsp3) is 0.636. The number of amides is 1. The summed E-state index contributed by atoms with van der Waals surface area (Å²) < 4.78 is 5.50. The quantitative estimate of drug-likeness (QED) is 0.843. The third kappa shape index (κ3) is 2.47. The van der Waals surface area contributed by atoms with Crippen LogP contribution in [0.15, 0.2) is 9.64 Å². The number of aryl methyl sites for hydroxylation is 2. The van der Waals surface area contributed by atoms with Crippen LogP contribution in [-0.2, 0) is 4.79 Å². The van der Waals surface area contributed by atoms with Crippen LogP contribution in [-0.4, -0.2) is 21.7 Å². The van der Waals surface area contributed by atoms with Crippen molar-refractivity contribution in [3.8, 4) is 0 Å². The molecule has 1 aliphatic carbocycles. The van der Waals surface area contributed by atoms with E-state index < -0.39 is 11.4 Å². The highest BCUT2D eigenvalue weighted by molar-refractivity contribution is 7.99. The topological polar surface area (TPSA) is 95.1 Å². The number of carbonyl (C=O) groups is 1. The van der Waals surface area contributed by atoms with E-state index in [0.717, 1.165) is 17.9 Å². The molecule has 0 spiro atoms. The molecule has 2 atom stereocenters. The second-order valence-corrected chi connectivity index (χ2v) is 5.88. The Kier molecular flexibility index (Phi) is 3.18. The third-order valence-corrected chi connectivity index (χ3v) is 4.38. The van der Waals surface area contributed by atoms with Crippen LogP contribution in [0.4, 0.5) is 0 Å². The first kappa shape index (κ1) is 12.4. The lowest BCUT2D eigenvalue weighted by Gasteiger charge is -2.18. The Morgan fingerprint density at radius 2 is 2.29 bits per heavy atom. The molecule has 0 radical (unpaired) electrons. The molecule has 0 bridgehead atoms. The Hall–Kier alpha value is -1.01. The molecule has 1 saturated carbocycles. The van der Waals surface area contributed by atoms with Crippen molar-refractivity contribution in [1.29, 1.82) is 0 Å². The monoisotopic (exact) mass is 255 g/mol. The largest absolute Gasteiger partial charge is 0.437 e. The van der Waals surface area contributed by atoms with Crippen molar-refractivity contribution < 1.29 is 9.21 Å². The average Bonchev–Trinajstić information content (AvgIpc) is 2.74. The molecule has 2 unspecified atom stereocenters. The van der Waals surface area contributed by atoms with Gasteiger partial charge in [-0.05, 0) is 33.1 Å². The zero-order valence-electron chi connectivity index (χ0n) is 10.0. The number of nitrogens with zero attached hydrogens (tertiary/aromatic N) is 1. The Morgan fingerprint density at radius 3 is 2.76 bits per heavy atom. The van der Waals surface area contributed by atoms with Crippen LogP contribution in [0, 0.1) is 13.8 Å². The predicted octanol–water partition coefficient (Wildman–Crippen LogP) is 1.12. The third-order valence-electron chi connectivity index (χ3n) is 3.27. The number of nitrogens with two attached hydrogens (primary N) is 2. The van der Waals surface area contributed by atoms with Crippen molar-refractivity contribution in [2.24, 2.45) is 11.5 Å². The molecule has 1 aromatic rings. The van der Waals surface area contributed by atoms with E-state index >= 15 is 0 Å². The lowest BCUT2D eigenvalue weighted by molar-refractivity contribution is -0.122. The summed E-state index contributed by atoms with van der Waals surface area (Å²) in [5, 5.41) is 0.906. The van der Waals surface area contributed by atoms with Crippen LogP contribution in [0.2, 0.25) is 0 Å². The second-order valence-electron chi connectivity index (χ2n) is 4.62. The van der Waals surface area contributed by atoms with Gasteiger partial charge in [0.15, 0.2) is 0 Å². The lowest BCUT2D eigenvalue weighted by atomic mass is 9.99. The number of thioether (sulfide) groups is 1. The summed E-state index contributed by atoms with van der Waals surface area (Å²) in [6.45, 7) is 3.80. The van der Waals surface area contributed by atoms with Gasteiger partial charge in [0.1, 0.15) is 5.76 Å². The normalized spacial score (nSPS) is 28.5. The number of primary amides is 1. The molecule has 1 amide bonds. The minimum Gasteiger partial charge on any atom is -0.437 e. The molecule has 94 valence electrons. The SMILES string of the molecule is Cc1nc(SC2CCC(N)(C(N)=O)C2)oc1C. The first-order chi connectivity index (χ1) is 7.90. The van der Waals surface area contributed by atoms with Gasteiger partial charge in [-0.1, -0.05) is 11.8 Å². The van der Waals surface area contributed by atoms with E-state index in [9.17, 15) is 4.79 Å². The van der Waals surface area contributed by atoms with E-state index in [1.165, 1.54) is 0 Å². The van der Waals surface area contributed by atoms with Crippen molar-refractivity contribution in [2.75, 3.05) is 0 Å². The maximum atomic E-state index is 11.2. The van der Waals surface area contributed by atoms with Gasteiger partial charge in [0.2, 0.25) is 5.91 Å². The molecule has 1 aliphatic rings. The molecule has 0 aromatic carbocycles. The molecule has 1 aromatic heterocycles. The first-order valence-corrected chi connectivity index (χ1v) is 6.48. The van der Waals surface area contributed by atoms with Crippen LogP contribution in [0.5, 0.6) is 0 Å². The van der Waals surface area contributed by atoms with E-state index in [-0.39, 0.29) is 5.25 Å². The lowest BCUT2D eigenvalue weighted by Crippen LogP contribution is -2.50. The van der Waals surface area contributed by atoms with E-state index in [1.807, 2.05) is 13.8 Å². The van der Waals surface area contributed by atoms with Gasteiger partial charge in [0, 0.05) is 5.25 Å². The van der Waals surface area contributed by atoms with Crippen molar-refractivity contribution >= 4 is 17.7 Å². The van der Waals surface area contributed by atoms with Gasteiger partial charge in [0.25, 0.3) is 5.22 Å². The van der Waals surface area contributed by atoms with E-state index in [0.29, 0.717) is 18.1 Å². The summed E-state index contributed by atoms with van der Waals surface area (Å²) in [7, 11) is 0. The fourth-order valence-corrected chi connectivity index (χ4v) is 3.25. The van der Waals surface area contributed by atoms with Crippen molar-refractivity contribution in [1.82, 2.24) is 4.98 Å². The van der Waals surface area contributed by atoms with Gasteiger partial charge in [-0.15, -0.1) is 0 Å². The van der Waals surface area contributed by atoms with Gasteiger partial charge >= 0.3 is 0 Å². The highest BCUT2D eigenvalue weighted by atomic mass is 32.2. The van der Waals surface area contributed by atoms with Gasteiger partial charge in [0.05, 0.1) is 11.2 Å². The number of rotatable bonds is 3. The fourth-order valence-electron chi connectivity index (χ4n) is 1.99. The van der Waals surface area contributed by atoms with E-state index in [4.69, 9.17) is 15.9 Å². The summed E-state index contributed by atoms with van der Waals surface area (Å²) >= 11 is 1.54. The number of hydrogen-bond acceptors (Lipinski definition) is 5. The first-order valence-electron chi connectivity index (χ1n) is 5.60. The average molecular weight is 255 g/mol. The summed E-state index contributed by atoms with van der Waals surface area (Å²) in [5.41, 5.74) is 11.3. The molecule has 0 aliphatic heterocycles. The minimum absolute atomic E-state index is 0.255. The van der Waals surface area contributed by atoms with Crippen molar-refractivity contribution in [3.05, 3.63) is 11.5 Å². The summed E-state index contributed by atoms with van der Waals surface area (Å²) in [6, 6.07) is 0. The molecule has 4 N–H and O–H groups in total. The maximum Gasteiger partial charge on any atom is 0.256 e. The highest BCUT2D eigenvalue weighted by Crippen LogP contribution is 2.38. The number of hydrogen-bond donors (Lipinski definition) is 2. The van der Waals surface area contributed by atoms with Crippen molar-refractivity contribution in [3.63, 3.8) is 0 Å². The van der Waals surface area contributed by atoms with Crippen LogP contribution >= 0.6 is 11.8 Å². The van der Waals surface area contributed by atoms with Crippen molar-refractivity contribution in [2.45, 2.75) is 49.1 Å². The molecular formula is C11H17N3O2S. The molecule has 2 rings (SSSR count).